The summed E-state index contributed by atoms with van der Waals surface area (Å²) in [6.07, 6.45) is 0. The molecule has 0 amide bonds. The van der Waals surface area contributed by atoms with E-state index in [4.69, 9.17) is 38.0 Å². The van der Waals surface area contributed by atoms with E-state index in [0.717, 1.165) is 33.4 Å². The molecule has 1 aromatic heterocycles. The number of carboxylic acid groups (broad SMARTS) is 1. The number of halogens is 2. The van der Waals surface area contributed by atoms with Crippen LogP contribution in [0.25, 0.3) is 11.3 Å². The average molecular weight is 485 g/mol. The smallest absolute Gasteiger partial charge is 0.335 e. The number of rotatable bonds is 7. The molecule has 5 nitrogen and oxygen atoms in total. The minimum atomic E-state index is -0.944. The normalized spacial score (nSPS) is 10.7. The molecule has 1 heterocycles. The Morgan fingerprint density at radius 1 is 1.03 bits per heavy atom. The van der Waals surface area contributed by atoms with Gasteiger partial charge in [0.25, 0.3) is 0 Å². The van der Waals surface area contributed by atoms with E-state index in [1.807, 2.05) is 47.7 Å². The molecule has 0 fully saturated rings. The van der Waals surface area contributed by atoms with E-state index in [1.54, 1.807) is 36.4 Å². The Morgan fingerprint density at radius 3 is 2.41 bits per heavy atom. The number of anilines is 2. The molecule has 1 N–H and O–H groups in total. The Morgan fingerprint density at radius 2 is 1.75 bits per heavy atom. The zero-order valence-electron chi connectivity index (χ0n) is 17.0. The van der Waals surface area contributed by atoms with Gasteiger partial charge in [-0.05, 0) is 66.2 Å². The Bertz CT molecular complexity index is 1240. The third-order valence-corrected chi connectivity index (χ3v) is 6.48. The summed E-state index contributed by atoms with van der Waals surface area (Å²) in [4.78, 5) is 17.7. The van der Waals surface area contributed by atoms with Gasteiger partial charge in [-0.1, -0.05) is 29.3 Å². The van der Waals surface area contributed by atoms with E-state index >= 15 is 0 Å². The molecule has 0 unspecified atom stereocenters. The SMILES string of the molecule is CN(c1ccc(C(=O)O)cc1)c1nc(-c2ccc(OCc3ccc(Cl)c(Cl)c3)cc2)cs1. The van der Waals surface area contributed by atoms with Gasteiger partial charge in [-0.3, -0.25) is 0 Å². The van der Waals surface area contributed by atoms with Gasteiger partial charge in [0, 0.05) is 23.7 Å². The molecule has 0 saturated heterocycles. The van der Waals surface area contributed by atoms with E-state index < -0.39 is 5.97 Å². The highest BCUT2D eigenvalue weighted by Gasteiger charge is 2.12. The number of hydrogen-bond donors (Lipinski definition) is 1. The summed E-state index contributed by atoms with van der Waals surface area (Å²) in [5, 5.41) is 12.9. The first kappa shape index (κ1) is 22.1. The van der Waals surface area contributed by atoms with Crippen LogP contribution in [0.15, 0.2) is 72.1 Å². The Labute approximate surface area is 199 Å². The molecule has 0 spiro atoms. The van der Waals surface area contributed by atoms with Gasteiger partial charge < -0.3 is 14.7 Å². The summed E-state index contributed by atoms with van der Waals surface area (Å²) in [5.41, 5.74) is 3.89. The molecule has 4 rings (SSSR count). The molecule has 4 aromatic rings. The largest absolute Gasteiger partial charge is 0.489 e. The number of hydrogen-bond acceptors (Lipinski definition) is 5. The number of aromatic carboxylic acids is 1. The Kier molecular flexibility index (Phi) is 6.65. The molecule has 0 bridgehead atoms. The van der Waals surface area contributed by atoms with Crippen LogP contribution in [0.3, 0.4) is 0 Å². The van der Waals surface area contributed by atoms with Crippen molar-refractivity contribution in [3.63, 3.8) is 0 Å². The van der Waals surface area contributed by atoms with Crippen LogP contribution in [0.5, 0.6) is 5.75 Å². The van der Waals surface area contributed by atoms with E-state index in [0.29, 0.717) is 16.7 Å². The number of carbonyl (C=O) groups is 1. The number of ether oxygens (including phenoxy) is 1. The lowest BCUT2D eigenvalue weighted by atomic mass is 10.2. The van der Waals surface area contributed by atoms with Gasteiger partial charge in [0.2, 0.25) is 0 Å². The van der Waals surface area contributed by atoms with Gasteiger partial charge >= 0.3 is 5.97 Å². The van der Waals surface area contributed by atoms with Gasteiger partial charge in [0.1, 0.15) is 12.4 Å². The van der Waals surface area contributed by atoms with Crippen LogP contribution < -0.4 is 9.64 Å². The van der Waals surface area contributed by atoms with Gasteiger partial charge in [0.15, 0.2) is 5.13 Å². The third-order valence-electron chi connectivity index (χ3n) is 4.82. The lowest BCUT2D eigenvalue weighted by Gasteiger charge is -2.15. The molecule has 0 aliphatic rings. The summed E-state index contributed by atoms with van der Waals surface area (Å²) in [6, 6.07) is 19.9. The molecular weight excluding hydrogens is 467 g/mol. The van der Waals surface area contributed by atoms with Crippen LogP contribution in [0.4, 0.5) is 10.8 Å². The quantitative estimate of drug-likeness (QED) is 0.301. The fourth-order valence-electron chi connectivity index (χ4n) is 3.01. The van der Waals surface area contributed by atoms with Crippen LogP contribution in [0.1, 0.15) is 15.9 Å². The maximum Gasteiger partial charge on any atom is 0.335 e. The van der Waals surface area contributed by atoms with Crippen LogP contribution in [-0.2, 0) is 6.61 Å². The summed E-state index contributed by atoms with van der Waals surface area (Å²) >= 11 is 13.5. The van der Waals surface area contributed by atoms with Crippen LogP contribution in [0, 0.1) is 0 Å². The van der Waals surface area contributed by atoms with E-state index in [-0.39, 0.29) is 5.56 Å². The van der Waals surface area contributed by atoms with Crippen molar-refractivity contribution >= 4 is 51.3 Å². The van der Waals surface area contributed by atoms with Gasteiger partial charge in [-0.15, -0.1) is 11.3 Å². The van der Waals surface area contributed by atoms with Crippen LogP contribution >= 0.6 is 34.5 Å². The zero-order valence-corrected chi connectivity index (χ0v) is 19.3. The first-order valence-corrected chi connectivity index (χ1v) is 11.2. The average Bonchev–Trinajstić information content (AvgIpc) is 3.30. The summed E-state index contributed by atoms with van der Waals surface area (Å²) < 4.78 is 5.84. The predicted molar refractivity (Wildman–Crippen MR) is 130 cm³/mol. The highest BCUT2D eigenvalue weighted by molar-refractivity contribution is 7.14. The summed E-state index contributed by atoms with van der Waals surface area (Å²) in [5.74, 6) is -0.203. The van der Waals surface area contributed by atoms with E-state index in [2.05, 4.69) is 0 Å². The third kappa shape index (κ3) is 5.05. The van der Waals surface area contributed by atoms with Crippen molar-refractivity contribution in [3.8, 4) is 17.0 Å². The second-order valence-corrected chi connectivity index (χ2v) is 8.64. The first-order chi connectivity index (χ1) is 15.4. The lowest BCUT2D eigenvalue weighted by molar-refractivity contribution is 0.0697. The molecule has 0 saturated carbocycles. The minimum absolute atomic E-state index is 0.253. The monoisotopic (exact) mass is 484 g/mol. The number of nitrogens with zero attached hydrogens (tertiary/aromatic N) is 2. The van der Waals surface area contributed by atoms with Gasteiger partial charge in [-0.2, -0.15) is 0 Å². The fourth-order valence-corrected chi connectivity index (χ4v) is 4.15. The molecule has 8 heteroatoms. The maximum absolute atomic E-state index is 11.0. The molecule has 0 aliphatic heterocycles. The molecular formula is C24H18Cl2N2O3S. The summed E-state index contributed by atoms with van der Waals surface area (Å²) in [7, 11) is 1.90. The molecule has 3 aromatic carbocycles. The topological polar surface area (TPSA) is 62.7 Å². The first-order valence-electron chi connectivity index (χ1n) is 9.60. The van der Waals surface area contributed by atoms with Crippen molar-refractivity contribution in [2.75, 3.05) is 11.9 Å². The van der Waals surface area contributed by atoms with Crippen LogP contribution in [-0.4, -0.2) is 23.1 Å². The molecule has 162 valence electrons. The molecule has 0 radical (unpaired) electrons. The van der Waals surface area contributed by atoms with E-state index in [1.165, 1.54) is 11.3 Å². The van der Waals surface area contributed by atoms with Crippen molar-refractivity contribution in [1.82, 2.24) is 4.98 Å². The highest BCUT2D eigenvalue weighted by Crippen LogP contribution is 2.32. The lowest BCUT2D eigenvalue weighted by Crippen LogP contribution is -2.09. The number of thiazole rings is 1. The van der Waals surface area contributed by atoms with E-state index in [9.17, 15) is 4.79 Å². The Hall–Kier alpha value is -3.06. The predicted octanol–water partition coefficient (Wildman–Crippen LogP) is 7.16. The standard InChI is InChI=1S/C24H18Cl2N2O3S/c1-28(18-7-3-17(4-8-18)23(29)30)24-27-22(14-32-24)16-5-9-19(10-6-16)31-13-15-2-11-20(25)21(26)12-15/h2-12,14H,13H2,1H3,(H,29,30). The second kappa shape index (κ2) is 9.61. The number of benzene rings is 3. The fraction of sp³-hybridized carbons (Fsp3) is 0.0833. The van der Waals surface area contributed by atoms with Crippen LogP contribution in [0.2, 0.25) is 10.0 Å². The Balaban J connectivity index is 1.42. The van der Waals surface area contributed by atoms with Gasteiger partial charge in [-0.25, -0.2) is 9.78 Å². The maximum atomic E-state index is 11.0. The number of carboxylic acids is 1. The molecule has 32 heavy (non-hydrogen) atoms. The second-order valence-electron chi connectivity index (χ2n) is 6.99. The highest BCUT2D eigenvalue weighted by atomic mass is 35.5. The van der Waals surface area contributed by atoms with Gasteiger partial charge in [0.05, 0.1) is 21.3 Å². The van der Waals surface area contributed by atoms with Crippen molar-refractivity contribution in [2.45, 2.75) is 6.61 Å². The minimum Gasteiger partial charge on any atom is -0.489 e. The molecule has 0 aliphatic carbocycles. The zero-order chi connectivity index (χ0) is 22.7. The van der Waals surface area contributed by atoms with Crippen molar-refractivity contribution in [2.24, 2.45) is 0 Å². The molecule has 0 atom stereocenters. The van der Waals surface area contributed by atoms with Crippen molar-refractivity contribution in [3.05, 3.63) is 93.3 Å². The summed E-state index contributed by atoms with van der Waals surface area (Å²) in [6.45, 7) is 0.391. The van der Waals surface area contributed by atoms with Crippen molar-refractivity contribution in [1.29, 1.82) is 0 Å². The van der Waals surface area contributed by atoms with Crippen molar-refractivity contribution < 1.29 is 14.6 Å². The number of aromatic nitrogens is 1.